The first-order chi connectivity index (χ1) is 9.79. The number of fused-ring (bicyclic) bond motifs is 1. The summed E-state index contributed by atoms with van der Waals surface area (Å²) in [5, 5.41) is 0. The molecule has 0 aliphatic rings. The molecule has 0 amide bonds. The Labute approximate surface area is 123 Å². The Bertz CT molecular complexity index is 700. The van der Waals surface area contributed by atoms with Gasteiger partial charge in [0.2, 0.25) is 0 Å². The van der Waals surface area contributed by atoms with Crippen LogP contribution in [0.1, 0.15) is 11.4 Å². The molecule has 0 radical (unpaired) electrons. The SMILES string of the molecule is Cc1cccc2nc(CCCl)n(CCn3ccnc3)c12. The lowest BCUT2D eigenvalue weighted by molar-refractivity contribution is 0.571. The number of aromatic nitrogens is 4. The van der Waals surface area contributed by atoms with Crippen LogP contribution in [-0.4, -0.2) is 25.0 Å². The van der Waals surface area contributed by atoms with Crippen LogP contribution in [0.3, 0.4) is 0 Å². The number of para-hydroxylation sites is 1. The van der Waals surface area contributed by atoms with Gasteiger partial charge in [0.05, 0.1) is 17.4 Å². The lowest BCUT2D eigenvalue weighted by Crippen LogP contribution is -2.10. The molecule has 0 saturated carbocycles. The van der Waals surface area contributed by atoms with Gasteiger partial charge < -0.3 is 9.13 Å². The van der Waals surface area contributed by atoms with Gasteiger partial charge in [-0.2, -0.15) is 0 Å². The minimum atomic E-state index is 0.591. The quantitative estimate of drug-likeness (QED) is 0.677. The van der Waals surface area contributed by atoms with Crippen LogP contribution in [0.5, 0.6) is 0 Å². The number of alkyl halides is 1. The van der Waals surface area contributed by atoms with Crippen LogP contribution in [0.4, 0.5) is 0 Å². The van der Waals surface area contributed by atoms with E-state index in [4.69, 9.17) is 16.6 Å². The van der Waals surface area contributed by atoms with Crippen molar-refractivity contribution in [3.63, 3.8) is 0 Å². The number of benzene rings is 1. The first-order valence-corrected chi connectivity index (χ1v) is 7.29. The van der Waals surface area contributed by atoms with E-state index < -0.39 is 0 Å². The van der Waals surface area contributed by atoms with Crippen molar-refractivity contribution in [2.75, 3.05) is 5.88 Å². The Balaban J connectivity index is 1.99. The summed E-state index contributed by atoms with van der Waals surface area (Å²) in [4.78, 5) is 8.79. The molecule has 0 aliphatic heterocycles. The summed E-state index contributed by atoms with van der Waals surface area (Å²) >= 11 is 5.91. The molecule has 2 aromatic heterocycles. The Morgan fingerprint density at radius 1 is 1.25 bits per heavy atom. The fraction of sp³-hybridized carbons (Fsp3) is 0.333. The highest BCUT2D eigenvalue weighted by Gasteiger charge is 2.11. The average Bonchev–Trinajstić information content (AvgIpc) is 3.05. The number of halogens is 1. The molecular formula is C15H17ClN4. The molecule has 0 N–H and O–H groups in total. The molecule has 0 saturated heterocycles. The second kappa shape index (κ2) is 5.67. The van der Waals surface area contributed by atoms with Crippen molar-refractivity contribution >= 4 is 22.6 Å². The molecule has 20 heavy (non-hydrogen) atoms. The van der Waals surface area contributed by atoms with E-state index in [0.717, 1.165) is 30.9 Å². The van der Waals surface area contributed by atoms with Gasteiger partial charge in [-0.1, -0.05) is 12.1 Å². The van der Waals surface area contributed by atoms with Crippen LogP contribution >= 0.6 is 11.6 Å². The van der Waals surface area contributed by atoms with Gasteiger partial charge in [0, 0.05) is 37.8 Å². The molecule has 0 fully saturated rings. The maximum Gasteiger partial charge on any atom is 0.111 e. The van der Waals surface area contributed by atoms with Crippen LogP contribution in [-0.2, 0) is 19.5 Å². The Kier molecular flexibility index (Phi) is 3.74. The Hall–Kier alpha value is -1.81. The third-order valence-corrected chi connectivity index (χ3v) is 3.70. The predicted molar refractivity (Wildman–Crippen MR) is 81.1 cm³/mol. The molecule has 0 aliphatic carbocycles. The molecule has 0 bridgehead atoms. The van der Waals surface area contributed by atoms with Gasteiger partial charge in [-0.05, 0) is 18.6 Å². The fourth-order valence-electron chi connectivity index (χ4n) is 2.56. The maximum atomic E-state index is 5.91. The highest BCUT2D eigenvalue weighted by atomic mass is 35.5. The zero-order valence-corrected chi connectivity index (χ0v) is 12.2. The van der Waals surface area contributed by atoms with Crippen molar-refractivity contribution in [2.24, 2.45) is 0 Å². The fourth-order valence-corrected chi connectivity index (χ4v) is 2.73. The van der Waals surface area contributed by atoms with Crippen molar-refractivity contribution in [3.05, 3.63) is 48.3 Å². The molecule has 5 heteroatoms. The first-order valence-electron chi connectivity index (χ1n) is 6.76. The van der Waals surface area contributed by atoms with E-state index in [1.807, 2.05) is 12.5 Å². The smallest absolute Gasteiger partial charge is 0.111 e. The zero-order valence-electron chi connectivity index (χ0n) is 11.5. The number of aryl methyl sites for hydroxylation is 4. The van der Waals surface area contributed by atoms with Crippen LogP contribution in [0, 0.1) is 6.92 Å². The highest BCUT2D eigenvalue weighted by Crippen LogP contribution is 2.21. The standard InChI is InChI=1S/C15H17ClN4/c1-12-3-2-4-13-15(12)20(14(18-13)5-6-16)10-9-19-8-7-17-11-19/h2-4,7-8,11H,5-6,9-10H2,1H3. The van der Waals surface area contributed by atoms with Gasteiger partial charge in [0.15, 0.2) is 0 Å². The summed E-state index contributed by atoms with van der Waals surface area (Å²) in [6.07, 6.45) is 6.41. The Morgan fingerprint density at radius 3 is 2.90 bits per heavy atom. The lowest BCUT2D eigenvalue weighted by Gasteiger charge is -2.10. The van der Waals surface area contributed by atoms with Gasteiger partial charge in [0.25, 0.3) is 0 Å². The maximum absolute atomic E-state index is 5.91. The molecule has 2 heterocycles. The summed E-state index contributed by atoms with van der Waals surface area (Å²) < 4.78 is 4.36. The van der Waals surface area contributed by atoms with Crippen molar-refractivity contribution in [1.29, 1.82) is 0 Å². The summed E-state index contributed by atoms with van der Waals surface area (Å²) in [5.74, 6) is 1.65. The summed E-state index contributed by atoms with van der Waals surface area (Å²) in [6.45, 7) is 3.89. The monoisotopic (exact) mass is 288 g/mol. The molecule has 0 unspecified atom stereocenters. The number of imidazole rings is 2. The normalized spacial score (nSPS) is 11.3. The van der Waals surface area contributed by atoms with Crippen molar-refractivity contribution in [1.82, 2.24) is 19.1 Å². The van der Waals surface area contributed by atoms with Crippen LogP contribution in [0.25, 0.3) is 11.0 Å². The summed E-state index contributed by atoms with van der Waals surface area (Å²) in [5.41, 5.74) is 3.52. The van der Waals surface area contributed by atoms with Crippen LogP contribution in [0.2, 0.25) is 0 Å². The van der Waals surface area contributed by atoms with Crippen LogP contribution < -0.4 is 0 Å². The third kappa shape index (κ3) is 2.43. The van der Waals surface area contributed by atoms with E-state index in [1.165, 1.54) is 11.1 Å². The molecule has 1 aromatic carbocycles. The average molecular weight is 289 g/mol. The van der Waals surface area contributed by atoms with Crippen molar-refractivity contribution < 1.29 is 0 Å². The van der Waals surface area contributed by atoms with Crippen molar-refractivity contribution in [2.45, 2.75) is 26.4 Å². The zero-order chi connectivity index (χ0) is 13.9. The van der Waals surface area contributed by atoms with E-state index in [-0.39, 0.29) is 0 Å². The molecule has 0 spiro atoms. The van der Waals surface area contributed by atoms with Gasteiger partial charge in [-0.25, -0.2) is 9.97 Å². The van der Waals surface area contributed by atoms with E-state index in [0.29, 0.717) is 5.88 Å². The molecule has 4 nitrogen and oxygen atoms in total. The molecule has 104 valence electrons. The van der Waals surface area contributed by atoms with Gasteiger partial charge in [-0.15, -0.1) is 11.6 Å². The largest absolute Gasteiger partial charge is 0.336 e. The van der Waals surface area contributed by atoms with Gasteiger partial charge >= 0.3 is 0 Å². The first kappa shape index (κ1) is 13.2. The van der Waals surface area contributed by atoms with Crippen LogP contribution in [0.15, 0.2) is 36.9 Å². The van der Waals surface area contributed by atoms with E-state index in [2.05, 4.69) is 39.2 Å². The number of nitrogens with zero attached hydrogens (tertiary/aromatic N) is 4. The lowest BCUT2D eigenvalue weighted by atomic mass is 10.2. The predicted octanol–water partition coefficient (Wildman–Crippen LogP) is 3.02. The second-order valence-corrected chi connectivity index (χ2v) is 5.24. The molecule has 0 atom stereocenters. The summed E-state index contributed by atoms with van der Waals surface area (Å²) in [7, 11) is 0. The molecular weight excluding hydrogens is 272 g/mol. The topological polar surface area (TPSA) is 35.6 Å². The number of hydrogen-bond acceptors (Lipinski definition) is 2. The third-order valence-electron chi connectivity index (χ3n) is 3.51. The second-order valence-electron chi connectivity index (χ2n) is 4.86. The highest BCUT2D eigenvalue weighted by molar-refractivity contribution is 6.17. The van der Waals surface area contributed by atoms with E-state index in [1.54, 1.807) is 6.20 Å². The van der Waals surface area contributed by atoms with Gasteiger partial charge in [0.1, 0.15) is 5.82 Å². The molecule has 3 rings (SSSR count). The number of hydrogen-bond donors (Lipinski definition) is 0. The van der Waals surface area contributed by atoms with Crippen molar-refractivity contribution in [3.8, 4) is 0 Å². The van der Waals surface area contributed by atoms with E-state index >= 15 is 0 Å². The number of rotatable bonds is 5. The van der Waals surface area contributed by atoms with Gasteiger partial charge in [-0.3, -0.25) is 0 Å². The Morgan fingerprint density at radius 2 is 2.15 bits per heavy atom. The minimum absolute atomic E-state index is 0.591. The minimum Gasteiger partial charge on any atom is -0.336 e. The molecule has 3 aromatic rings. The van der Waals surface area contributed by atoms with E-state index in [9.17, 15) is 0 Å². The summed E-state index contributed by atoms with van der Waals surface area (Å²) in [6, 6.07) is 6.24.